The first-order valence-electron chi connectivity index (χ1n) is 5.06. The molecule has 0 spiro atoms. The van der Waals surface area contributed by atoms with E-state index in [1.807, 2.05) is 18.3 Å². The quantitative estimate of drug-likeness (QED) is 0.550. The SMILES string of the molecule is C=CCCCNCc1ncccc1C. The summed E-state index contributed by atoms with van der Waals surface area (Å²) in [4.78, 5) is 4.31. The van der Waals surface area contributed by atoms with Crippen molar-refractivity contribution in [1.82, 2.24) is 10.3 Å². The maximum Gasteiger partial charge on any atom is 0.0570 e. The van der Waals surface area contributed by atoms with Crippen molar-refractivity contribution in [3.63, 3.8) is 0 Å². The van der Waals surface area contributed by atoms with Crippen LogP contribution in [0.5, 0.6) is 0 Å². The number of aryl methyl sites for hydroxylation is 1. The van der Waals surface area contributed by atoms with Gasteiger partial charge in [0.15, 0.2) is 0 Å². The van der Waals surface area contributed by atoms with Gasteiger partial charge in [0.1, 0.15) is 0 Å². The van der Waals surface area contributed by atoms with Crippen LogP contribution >= 0.6 is 0 Å². The van der Waals surface area contributed by atoms with E-state index in [1.165, 1.54) is 5.56 Å². The average molecular weight is 190 g/mol. The van der Waals surface area contributed by atoms with Gasteiger partial charge >= 0.3 is 0 Å². The number of hydrogen-bond donors (Lipinski definition) is 1. The highest BCUT2D eigenvalue weighted by Gasteiger charge is 1.96. The van der Waals surface area contributed by atoms with Crippen molar-refractivity contribution in [2.75, 3.05) is 6.54 Å². The number of pyridine rings is 1. The first-order chi connectivity index (χ1) is 6.84. The Kier molecular flexibility index (Phi) is 4.94. The second-order valence-electron chi connectivity index (χ2n) is 3.37. The van der Waals surface area contributed by atoms with Crippen LogP contribution in [0.3, 0.4) is 0 Å². The van der Waals surface area contributed by atoms with Crippen LogP contribution in [0.1, 0.15) is 24.1 Å². The minimum atomic E-state index is 0.865. The van der Waals surface area contributed by atoms with E-state index < -0.39 is 0 Å². The lowest BCUT2D eigenvalue weighted by atomic mass is 10.2. The molecule has 2 nitrogen and oxygen atoms in total. The Morgan fingerprint density at radius 3 is 3.14 bits per heavy atom. The highest BCUT2D eigenvalue weighted by atomic mass is 14.9. The van der Waals surface area contributed by atoms with Crippen LogP contribution in [0, 0.1) is 6.92 Å². The minimum absolute atomic E-state index is 0.865. The van der Waals surface area contributed by atoms with E-state index in [4.69, 9.17) is 0 Å². The van der Waals surface area contributed by atoms with E-state index in [1.54, 1.807) is 0 Å². The summed E-state index contributed by atoms with van der Waals surface area (Å²) in [6, 6.07) is 4.06. The molecule has 0 saturated heterocycles. The summed E-state index contributed by atoms with van der Waals surface area (Å²) in [6.45, 7) is 7.68. The Hall–Kier alpha value is -1.15. The Morgan fingerprint density at radius 1 is 1.57 bits per heavy atom. The molecule has 0 aromatic carbocycles. The van der Waals surface area contributed by atoms with Gasteiger partial charge in [-0.05, 0) is 37.9 Å². The molecule has 0 bridgehead atoms. The van der Waals surface area contributed by atoms with Gasteiger partial charge in [0, 0.05) is 12.7 Å². The Morgan fingerprint density at radius 2 is 2.43 bits per heavy atom. The van der Waals surface area contributed by atoms with Gasteiger partial charge in [-0.15, -0.1) is 6.58 Å². The Balaban J connectivity index is 2.24. The largest absolute Gasteiger partial charge is 0.311 e. The van der Waals surface area contributed by atoms with Crippen LogP contribution in [-0.2, 0) is 6.54 Å². The van der Waals surface area contributed by atoms with E-state index in [0.717, 1.165) is 31.6 Å². The molecule has 14 heavy (non-hydrogen) atoms. The van der Waals surface area contributed by atoms with E-state index in [9.17, 15) is 0 Å². The normalized spacial score (nSPS) is 10.1. The van der Waals surface area contributed by atoms with E-state index >= 15 is 0 Å². The highest BCUT2D eigenvalue weighted by molar-refractivity contribution is 5.17. The average Bonchev–Trinajstić information content (AvgIpc) is 2.20. The number of rotatable bonds is 6. The molecular weight excluding hydrogens is 172 g/mol. The molecule has 1 heterocycles. The first-order valence-corrected chi connectivity index (χ1v) is 5.06. The number of allylic oxidation sites excluding steroid dienone is 1. The van der Waals surface area contributed by atoms with Crippen molar-refractivity contribution in [3.05, 3.63) is 42.2 Å². The third kappa shape index (κ3) is 3.71. The zero-order chi connectivity index (χ0) is 10.2. The number of nitrogens with zero attached hydrogens (tertiary/aromatic N) is 1. The molecule has 0 unspecified atom stereocenters. The molecule has 0 amide bonds. The molecule has 0 radical (unpaired) electrons. The van der Waals surface area contributed by atoms with Crippen molar-refractivity contribution < 1.29 is 0 Å². The summed E-state index contributed by atoms with van der Waals surface area (Å²) < 4.78 is 0. The smallest absolute Gasteiger partial charge is 0.0570 e. The predicted molar refractivity (Wildman–Crippen MR) is 60.1 cm³/mol. The van der Waals surface area contributed by atoms with Crippen molar-refractivity contribution in [2.24, 2.45) is 0 Å². The second kappa shape index (κ2) is 6.33. The van der Waals surface area contributed by atoms with Crippen LogP contribution in [0.15, 0.2) is 31.0 Å². The summed E-state index contributed by atoms with van der Waals surface area (Å²) in [5, 5.41) is 3.37. The molecule has 0 fully saturated rings. The van der Waals surface area contributed by atoms with Gasteiger partial charge in [-0.2, -0.15) is 0 Å². The zero-order valence-electron chi connectivity index (χ0n) is 8.79. The molecule has 0 aliphatic heterocycles. The predicted octanol–water partition coefficient (Wildman–Crippen LogP) is 2.45. The van der Waals surface area contributed by atoms with Crippen molar-refractivity contribution in [1.29, 1.82) is 0 Å². The zero-order valence-corrected chi connectivity index (χ0v) is 8.79. The summed E-state index contributed by atoms with van der Waals surface area (Å²) in [7, 11) is 0. The molecule has 1 aromatic rings. The van der Waals surface area contributed by atoms with Gasteiger partial charge in [0.25, 0.3) is 0 Å². The lowest BCUT2D eigenvalue weighted by molar-refractivity contribution is 0.644. The maximum atomic E-state index is 4.31. The van der Waals surface area contributed by atoms with E-state index in [2.05, 4.69) is 29.9 Å². The monoisotopic (exact) mass is 190 g/mol. The van der Waals surface area contributed by atoms with Gasteiger partial charge in [-0.25, -0.2) is 0 Å². The minimum Gasteiger partial charge on any atom is -0.311 e. The lowest BCUT2D eigenvalue weighted by Crippen LogP contribution is -2.16. The van der Waals surface area contributed by atoms with Crippen LogP contribution < -0.4 is 5.32 Å². The Bertz CT molecular complexity index is 281. The van der Waals surface area contributed by atoms with E-state index in [0.29, 0.717) is 0 Å². The topological polar surface area (TPSA) is 24.9 Å². The van der Waals surface area contributed by atoms with Crippen LogP contribution in [0.25, 0.3) is 0 Å². The summed E-state index contributed by atoms with van der Waals surface area (Å²) >= 11 is 0. The molecule has 0 atom stereocenters. The highest BCUT2D eigenvalue weighted by Crippen LogP contribution is 2.02. The fourth-order valence-corrected chi connectivity index (χ4v) is 1.28. The number of nitrogens with one attached hydrogen (secondary N) is 1. The first kappa shape index (κ1) is 10.9. The van der Waals surface area contributed by atoms with Crippen LogP contribution in [0.2, 0.25) is 0 Å². The maximum absolute atomic E-state index is 4.31. The van der Waals surface area contributed by atoms with Gasteiger partial charge < -0.3 is 5.32 Å². The van der Waals surface area contributed by atoms with Gasteiger partial charge in [0.2, 0.25) is 0 Å². The molecular formula is C12H18N2. The molecule has 76 valence electrons. The molecule has 1 N–H and O–H groups in total. The summed E-state index contributed by atoms with van der Waals surface area (Å²) in [5.74, 6) is 0. The molecule has 0 aliphatic carbocycles. The molecule has 0 saturated carbocycles. The van der Waals surface area contributed by atoms with Crippen LogP contribution in [0.4, 0.5) is 0 Å². The van der Waals surface area contributed by atoms with Crippen molar-refractivity contribution in [2.45, 2.75) is 26.3 Å². The molecule has 1 rings (SSSR count). The second-order valence-corrected chi connectivity index (χ2v) is 3.37. The van der Waals surface area contributed by atoms with Crippen molar-refractivity contribution >= 4 is 0 Å². The van der Waals surface area contributed by atoms with Gasteiger partial charge in [0.05, 0.1) is 5.69 Å². The number of aromatic nitrogens is 1. The number of hydrogen-bond acceptors (Lipinski definition) is 2. The fourth-order valence-electron chi connectivity index (χ4n) is 1.28. The molecule has 1 aromatic heterocycles. The number of unbranched alkanes of at least 4 members (excludes halogenated alkanes) is 1. The van der Waals surface area contributed by atoms with E-state index in [-0.39, 0.29) is 0 Å². The van der Waals surface area contributed by atoms with Gasteiger partial charge in [-0.3, -0.25) is 4.98 Å². The summed E-state index contributed by atoms with van der Waals surface area (Å²) in [6.07, 6.45) is 6.02. The molecule has 0 aliphatic rings. The fraction of sp³-hybridized carbons (Fsp3) is 0.417. The van der Waals surface area contributed by atoms with Gasteiger partial charge in [-0.1, -0.05) is 12.1 Å². The Labute approximate surface area is 86.1 Å². The summed E-state index contributed by atoms with van der Waals surface area (Å²) in [5.41, 5.74) is 2.40. The lowest BCUT2D eigenvalue weighted by Gasteiger charge is -2.05. The third-order valence-electron chi connectivity index (χ3n) is 2.17. The molecule has 2 heteroatoms. The third-order valence-corrected chi connectivity index (χ3v) is 2.17. The standard InChI is InChI=1S/C12H18N2/c1-3-4-5-8-13-10-12-11(2)7-6-9-14-12/h3,6-7,9,13H,1,4-5,8,10H2,2H3. The van der Waals surface area contributed by atoms with Crippen molar-refractivity contribution in [3.8, 4) is 0 Å². The van der Waals surface area contributed by atoms with Crippen LogP contribution in [-0.4, -0.2) is 11.5 Å².